The van der Waals surface area contributed by atoms with Crippen molar-refractivity contribution in [1.82, 2.24) is 31.9 Å². The van der Waals surface area contributed by atoms with Crippen LogP contribution in [0.15, 0.2) is 30.3 Å². The lowest BCUT2D eigenvalue weighted by atomic mass is 9.90. The highest BCUT2D eigenvalue weighted by molar-refractivity contribution is 5.97. The third-order valence-electron chi connectivity index (χ3n) is 8.30. The zero-order valence-corrected chi connectivity index (χ0v) is 28.0. The van der Waals surface area contributed by atoms with E-state index in [0.29, 0.717) is 31.4 Å². The van der Waals surface area contributed by atoms with Gasteiger partial charge in [0.1, 0.15) is 23.7 Å². The summed E-state index contributed by atoms with van der Waals surface area (Å²) in [5.74, 6) is -3.20. The van der Waals surface area contributed by atoms with Gasteiger partial charge in [-0.1, -0.05) is 90.1 Å². The molecule has 1 fully saturated rings. The first-order valence-electron chi connectivity index (χ1n) is 16.5. The van der Waals surface area contributed by atoms with Gasteiger partial charge in [-0.05, 0) is 38.2 Å². The zero-order valence-electron chi connectivity index (χ0n) is 28.0. The second kappa shape index (κ2) is 18.7. The highest BCUT2D eigenvalue weighted by Crippen LogP contribution is 2.19. The molecule has 1 aliphatic heterocycles. The fraction of sp³-hybridized carbons (Fsp3) is 0.636. The monoisotopic (exact) mass is 642 g/mol. The van der Waals surface area contributed by atoms with Gasteiger partial charge in [-0.2, -0.15) is 0 Å². The fourth-order valence-electron chi connectivity index (χ4n) is 5.35. The predicted molar refractivity (Wildman–Crippen MR) is 177 cm³/mol. The normalized spacial score (nSPS) is 25.2. The van der Waals surface area contributed by atoms with Crippen LogP contribution in [0.4, 0.5) is 0 Å². The van der Waals surface area contributed by atoms with E-state index in [2.05, 4.69) is 31.9 Å². The van der Waals surface area contributed by atoms with Gasteiger partial charge in [0.25, 0.3) is 0 Å². The first kappa shape index (κ1) is 38.0. The Kier molecular flexibility index (Phi) is 15.5. The molecular formula is C33H54N8O5. The van der Waals surface area contributed by atoms with Gasteiger partial charge in [0.2, 0.25) is 29.5 Å². The van der Waals surface area contributed by atoms with E-state index in [1.807, 2.05) is 6.07 Å². The van der Waals surface area contributed by atoms with Crippen LogP contribution in [-0.4, -0.2) is 65.7 Å². The van der Waals surface area contributed by atoms with Crippen LogP contribution in [0.2, 0.25) is 0 Å². The van der Waals surface area contributed by atoms with E-state index in [9.17, 15) is 24.0 Å². The summed E-state index contributed by atoms with van der Waals surface area (Å²) < 4.78 is 0. The molecule has 1 aliphatic rings. The van der Waals surface area contributed by atoms with Gasteiger partial charge in [-0.25, -0.2) is 0 Å². The molecule has 0 radical (unpaired) electrons. The molecule has 13 heteroatoms. The molecular weight excluding hydrogens is 588 g/mol. The van der Waals surface area contributed by atoms with Crippen LogP contribution >= 0.6 is 0 Å². The van der Waals surface area contributed by atoms with Crippen molar-refractivity contribution in [1.29, 1.82) is 5.41 Å². The van der Waals surface area contributed by atoms with Crippen LogP contribution in [0.1, 0.15) is 104 Å². The molecule has 0 aromatic heterocycles. The quantitative estimate of drug-likeness (QED) is 0.163. The van der Waals surface area contributed by atoms with Crippen LogP contribution in [0.5, 0.6) is 0 Å². The van der Waals surface area contributed by atoms with E-state index < -0.39 is 53.4 Å². The maximum atomic E-state index is 13.9. The van der Waals surface area contributed by atoms with Crippen LogP contribution < -0.4 is 37.6 Å². The summed E-state index contributed by atoms with van der Waals surface area (Å²) in [6.07, 6.45) is 5.86. The minimum absolute atomic E-state index is 0.195. The summed E-state index contributed by atoms with van der Waals surface area (Å²) in [6.45, 7) is 9.07. The predicted octanol–water partition coefficient (Wildman–Crippen LogP) is 1.88. The largest absolute Gasteiger partial charge is 0.370 e. The van der Waals surface area contributed by atoms with Crippen molar-refractivity contribution in [3.8, 4) is 0 Å². The maximum absolute atomic E-state index is 13.9. The smallest absolute Gasteiger partial charge is 0.247 e. The van der Waals surface area contributed by atoms with Crippen molar-refractivity contribution in [2.24, 2.45) is 11.7 Å². The number of hydrogen-bond acceptors (Lipinski definition) is 6. The Morgan fingerprint density at radius 3 is 2.15 bits per heavy atom. The number of guanidine groups is 1. The minimum Gasteiger partial charge on any atom is -0.370 e. The van der Waals surface area contributed by atoms with Crippen molar-refractivity contribution in [2.45, 2.75) is 122 Å². The molecule has 5 atom stereocenters. The molecule has 13 nitrogen and oxygen atoms in total. The Balaban J connectivity index is 2.48. The highest BCUT2D eigenvalue weighted by atomic mass is 16.2. The summed E-state index contributed by atoms with van der Waals surface area (Å²) >= 11 is 0. The third-order valence-corrected chi connectivity index (χ3v) is 8.30. The van der Waals surface area contributed by atoms with Gasteiger partial charge in [0, 0.05) is 12.5 Å². The van der Waals surface area contributed by atoms with E-state index in [1.54, 1.807) is 58.9 Å². The molecule has 1 aromatic rings. The van der Waals surface area contributed by atoms with E-state index in [0.717, 1.165) is 32.1 Å². The molecule has 1 heterocycles. The molecule has 46 heavy (non-hydrogen) atoms. The number of nitrogens with two attached hydrogens (primary N) is 1. The maximum Gasteiger partial charge on any atom is 0.247 e. The molecule has 256 valence electrons. The second-order valence-corrected chi connectivity index (χ2v) is 12.5. The summed E-state index contributed by atoms with van der Waals surface area (Å²) in [5.41, 5.74) is 4.91. The molecule has 2 rings (SSSR count). The summed E-state index contributed by atoms with van der Waals surface area (Å²) in [4.78, 5) is 67.4. The third kappa shape index (κ3) is 11.6. The fourth-order valence-corrected chi connectivity index (χ4v) is 5.35. The van der Waals surface area contributed by atoms with E-state index in [-0.39, 0.29) is 24.2 Å². The molecule has 1 saturated heterocycles. The number of benzene rings is 1. The Morgan fingerprint density at radius 2 is 1.57 bits per heavy atom. The molecule has 0 bridgehead atoms. The van der Waals surface area contributed by atoms with Gasteiger partial charge < -0.3 is 37.6 Å². The Labute approximate surface area is 272 Å². The summed E-state index contributed by atoms with van der Waals surface area (Å²) in [6, 6.07) is 4.81. The average Bonchev–Trinajstić information content (AvgIpc) is 3.02. The first-order chi connectivity index (χ1) is 21.8. The van der Waals surface area contributed by atoms with Crippen LogP contribution in [0.25, 0.3) is 0 Å². The standard InChI is InChI=1S/C33H54N8O5/c1-6-23(38-32(34)35)26-30(45)37-24(7-2)28(43)39-25(22-17-13-12-14-18-22)29(44)36-20-16-11-9-8-10-15-19-33(5,31(46)40-26)41-27(42)21(3)4/h12-14,17-18,21,23-26H,6-11,15-16,19-20H2,1-5H3,(H,36,44)(H,37,45)(H,39,43)(H,40,46)(H,41,42)(H4,34,35,38)/t23?,24-,25+,26-,33+/m0/s1. The molecule has 0 spiro atoms. The molecule has 5 amide bonds. The van der Waals surface area contributed by atoms with Crippen molar-refractivity contribution >= 4 is 35.5 Å². The van der Waals surface area contributed by atoms with Gasteiger partial charge >= 0.3 is 0 Å². The van der Waals surface area contributed by atoms with Crippen molar-refractivity contribution in [2.75, 3.05) is 6.54 Å². The lowest BCUT2D eigenvalue weighted by molar-refractivity contribution is -0.138. The molecule has 1 unspecified atom stereocenters. The first-order valence-corrected chi connectivity index (χ1v) is 16.5. The van der Waals surface area contributed by atoms with Gasteiger partial charge in [0.05, 0.1) is 6.04 Å². The van der Waals surface area contributed by atoms with Crippen molar-refractivity contribution in [3.05, 3.63) is 35.9 Å². The number of rotatable bonds is 7. The Morgan fingerprint density at radius 1 is 0.935 bits per heavy atom. The second-order valence-electron chi connectivity index (χ2n) is 12.5. The van der Waals surface area contributed by atoms with E-state index in [4.69, 9.17) is 11.1 Å². The van der Waals surface area contributed by atoms with Crippen LogP contribution in [0, 0.1) is 11.3 Å². The zero-order chi connectivity index (χ0) is 34.3. The van der Waals surface area contributed by atoms with E-state index in [1.165, 1.54) is 0 Å². The number of carbonyl (C=O) groups excluding carboxylic acids is 5. The molecule has 9 N–H and O–H groups in total. The summed E-state index contributed by atoms with van der Waals surface area (Å²) in [5, 5.41) is 24.7. The summed E-state index contributed by atoms with van der Waals surface area (Å²) in [7, 11) is 0. The molecule has 0 saturated carbocycles. The van der Waals surface area contributed by atoms with Crippen molar-refractivity contribution < 1.29 is 24.0 Å². The average molecular weight is 643 g/mol. The minimum atomic E-state index is -1.32. The van der Waals surface area contributed by atoms with Gasteiger partial charge in [0.15, 0.2) is 5.96 Å². The Hall–Kier alpha value is -4.16. The topological polar surface area (TPSA) is 207 Å². The van der Waals surface area contributed by atoms with Gasteiger partial charge in [-0.15, -0.1) is 0 Å². The number of nitrogens with one attached hydrogen (secondary N) is 7. The SMILES string of the molecule is CCC(NC(=N)N)[C@@H]1NC(=O)[C@](C)(NC(=O)C(C)C)CCCCCCCCNC(=O)[C@@H](c2ccccc2)NC(=O)[C@H](CC)NC1=O. The number of carbonyl (C=O) groups is 5. The molecule has 0 aliphatic carbocycles. The van der Waals surface area contributed by atoms with Crippen LogP contribution in [0.3, 0.4) is 0 Å². The van der Waals surface area contributed by atoms with Crippen molar-refractivity contribution in [3.63, 3.8) is 0 Å². The lowest BCUT2D eigenvalue weighted by Crippen LogP contribution is -2.66. The number of amides is 5. The van der Waals surface area contributed by atoms with E-state index >= 15 is 0 Å². The van der Waals surface area contributed by atoms with Gasteiger partial charge in [-0.3, -0.25) is 29.4 Å². The van der Waals surface area contributed by atoms with Crippen LogP contribution in [-0.2, 0) is 24.0 Å². The highest BCUT2D eigenvalue weighted by Gasteiger charge is 2.40. The lowest BCUT2D eigenvalue weighted by Gasteiger charge is -2.35. The Bertz CT molecular complexity index is 1190. The number of hydrogen-bond donors (Lipinski definition) is 8. The molecule has 1 aromatic carbocycles.